The Kier molecular flexibility index (Phi) is 5.54. The molecular weight excluding hydrogens is 348 g/mol. The monoisotopic (exact) mass is 366 g/mol. The fraction of sp³-hybridized carbons (Fsp3) is 0.143. The molecule has 3 rings (SSSR count). The first-order valence-corrected chi connectivity index (χ1v) is 8.63. The van der Waals surface area contributed by atoms with E-state index < -0.39 is 5.97 Å². The molecule has 0 saturated heterocycles. The third-order valence-corrected chi connectivity index (χ3v) is 4.24. The van der Waals surface area contributed by atoms with Crippen LogP contribution in [0.1, 0.15) is 22.5 Å². The lowest BCUT2D eigenvalue weighted by Gasteiger charge is -2.04. The standard InChI is InChI=1S/C21H19ClN2O2/c1-15-20(16(2)24(23-15)19-9-4-3-5-10-19)11-12-21(25)26-14-17-7-6-8-18(22)13-17/h3-13H,14H2,1-2H3/b12-11+. The number of nitrogens with zero attached hydrogens (tertiary/aromatic N) is 2. The molecule has 1 heterocycles. The van der Waals surface area contributed by atoms with Crippen molar-refractivity contribution < 1.29 is 9.53 Å². The van der Waals surface area contributed by atoms with Crippen LogP contribution < -0.4 is 0 Å². The normalized spacial score (nSPS) is 11.0. The molecule has 0 unspecified atom stereocenters. The molecule has 5 heteroatoms. The number of carbonyl (C=O) groups is 1. The van der Waals surface area contributed by atoms with E-state index in [1.54, 1.807) is 18.2 Å². The van der Waals surface area contributed by atoms with Gasteiger partial charge in [0.2, 0.25) is 0 Å². The summed E-state index contributed by atoms with van der Waals surface area (Å²) >= 11 is 5.93. The van der Waals surface area contributed by atoms with Crippen LogP contribution in [0.3, 0.4) is 0 Å². The summed E-state index contributed by atoms with van der Waals surface area (Å²) in [6.45, 7) is 4.08. The SMILES string of the molecule is Cc1nn(-c2ccccc2)c(C)c1/C=C/C(=O)OCc1cccc(Cl)c1. The van der Waals surface area contributed by atoms with Gasteiger partial charge in [0.15, 0.2) is 0 Å². The van der Waals surface area contributed by atoms with E-state index in [2.05, 4.69) is 5.10 Å². The van der Waals surface area contributed by atoms with Gasteiger partial charge in [-0.25, -0.2) is 9.48 Å². The minimum atomic E-state index is -0.406. The van der Waals surface area contributed by atoms with E-state index >= 15 is 0 Å². The van der Waals surface area contributed by atoms with Crippen molar-refractivity contribution in [1.82, 2.24) is 9.78 Å². The Morgan fingerprint density at radius 3 is 2.65 bits per heavy atom. The zero-order valence-electron chi connectivity index (χ0n) is 14.6. The second-order valence-corrected chi connectivity index (χ2v) is 6.34. The first-order chi connectivity index (χ1) is 12.5. The molecule has 26 heavy (non-hydrogen) atoms. The van der Waals surface area contributed by atoms with Crippen molar-refractivity contribution in [2.75, 3.05) is 0 Å². The summed E-state index contributed by atoms with van der Waals surface area (Å²) in [5.74, 6) is -0.406. The van der Waals surface area contributed by atoms with Crippen LogP contribution in [0.5, 0.6) is 0 Å². The summed E-state index contributed by atoms with van der Waals surface area (Å²) < 4.78 is 7.13. The quantitative estimate of drug-likeness (QED) is 0.476. The molecule has 0 atom stereocenters. The van der Waals surface area contributed by atoms with E-state index in [0.29, 0.717) is 5.02 Å². The predicted octanol–water partition coefficient (Wildman–Crippen LogP) is 4.90. The topological polar surface area (TPSA) is 44.1 Å². The molecule has 2 aromatic carbocycles. The van der Waals surface area contributed by atoms with Gasteiger partial charge in [-0.15, -0.1) is 0 Å². The van der Waals surface area contributed by atoms with Crippen molar-refractivity contribution in [3.63, 3.8) is 0 Å². The molecule has 0 radical (unpaired) electrons. The van der Waals surface area contributed by atoms with Gasteiger partial charge in [0.05, 0.1) is 11.4 Å². The summed E-state index contributed by atoms with van der Waals surface area (Å²) in [6, 6.07) is 17.1. The number of carbonyl (C=O) groups excluding carboxylic acids is 1. The van der Waals surface area contributed by atoms with Crippen molar-refractivity contribution in [2.24, 2.45) is 0 Å². The maximum absolute atomic E-state index is 12.0. The molecule has 0 amide bonds. The van der Waals surface area contributed by atoms with E-state index in [1.165, 1.54) is 6.08 Å². The van der Waals surface area contributed by atoms with Crippen molar-refractivity contribution in [1.29, 1.82) is 0 Å². The number of aromatic nitrogens is 2. The lowest BCUT2D eigenvalue weighted by atomic mass is 10.2. The Balaban J connectivity index is 1.70. The molecule has 0 aliphatic rings. The summed E-state index contributed by atoms with van der Waals surface area (Å²) in [4.78, 5) is 12.0. The van der Waals surface area contributed by atoms with Crippen molar-refractivity contribution in [3.05, 3.63) is 88.2 Å². The van der Waals surface area contributed by atoms with Crippen LogP contribution in [0.25, 0.3) is 11.8 Å². The summed E-state index contributed by atoms with van der Waals surface area (Å²) in [5, 5.41) is 5.18. The molecule has 0 aliphatic heterocycles. The van der Waals surface area contributed by atoms with Crippen LogP contribution in [0.2, 0.25) is 5.02 Å². The first kappa shape index (κ1) is 18.0. The molecule has 0 N–H and O–H groups in total. The van der Waals surface area contributed by atoms with E-state index in [9.17, 15) is 4.79 Å². The van der Waals surface area contributed by atoms with Gasteiger partial charge in [-0.1, -0.05) is 41.9 Å². The second-order valence-electron chi connectivity index (χ2n) is 5.90. The Labute approximate surface area is 157 Å². The van der Waals surface area contributed by atoms with E-state index in [0.717, 1.165) is 28.2 Å². The van der Waals surface area contributed by atoms with E-state index in [-0.39, 0.29) is 6.61 Å². The molecular formula is C21H19ClN2O2. The maximum Gasteiger partial charge on any atom is 0.331 e. The lowest BCUT2D eigenvalue weighted by molar-refractivity contribution is -0.138. The highest BCUT2D eigenvalue weighted by Gasteiger charge is 2.11. The van der Waals surface area contributed by atoms with Gasteiger partial charge in [0.25, 0.3) is 0 Å². The van der Waals surface area contributed by atoms with Crippen molar-refractivity contribution in [3.8, 4) is 5.69 Å². The highest BCUT2D eigenvalue weighted by atomic mass is 35.5. The van der Waals surface area contributed by atoms with Crippen LogP contribution in [0.15, 0.2) is 60.7 Å². The highest BCUT2D eigenvalue weighted by molar-refractivity contribution is 6.30. The molecule has 1 aromatic heterocycles. The summed E-state index contributed by atoms with van der Waals surface area (Å²) in [7, 11) is 0. The average molecular weight is 367 g/mol. The van der Waals surface area contributed by atoms with Gasteiger partial charge in [0.1, 0.15) is 6.61 Å². The zero-order chi connectivity index (χ0) is 18.5. The van der Waals surface area contributed by atoms with E-state index in [4.69, 9.17) is 16.3 Å². The largest absolute Gasteiger partial charge is 0.458 e. The van der Waals surface area contributed by atoms with Crippen LogP contribution in [-0.4, -0.2) is 15.7 Å². The molecule has 3 aromatic rings. The maximum atomic E-state index is 12.0. The molecule has 0 fully saturated rings. The minimum Gasteiger partial charge on any atom is -0.458 e. The number of hydrogen-bond acceptors (Lipinski definition) is 3. The van der Waals surface area contributed by atoms with Gasteiger partial charge >= 0.3 is 5.97 Å². The van der Waals surface area contributed by atoms with Crippen molar-refractivity contribution in [2.45, 2.75) is 20.5 Å². The molecule has 0 saturated carbocycles. The van der Waals surface area contributed by atoms with Gasteiger partial charge in [-0.3, -0.25) is 0 Å². The Hall–Kier alpha value is -2.85. The van der Waals surface area contributed by atoms with Gasteiger partial charge in [-0.05, 0) is 49.8 Å². The third-order valence-electron chi connectivity index (χ3n) is 4.00. The fourth-order valence-corrected chi connectivity index (χ4v) is 2.91. The minimum absolute atomic E-state index is 0.185. The first-order valence-electron chi connectivity index (χ1n) is 8.25. The van der Waals surface area contributed by atoms with Crippen LogP contribution >= 0.6 is 11.6 Å². The highest BCUT2D eigenvalue weighted by Crippen LogP contribution is 2.19. The molecule has 0 spiro atoms. The van der Waals surface area contributed by atoms with Gasteiger partial charge in [0, 0.05) is 22.4 Å². The van der Waals surface area contributed by atoms with Crippen LogP contribution in [0, 0.1) is 13.8 Å². The second kappa shape index (κ2) is 8.02. The van der Waals surface area contributed by atoms with Crippen LogP contribution in [0.4, 0.5) is 0 Å². The lowest BCUT2D eigenvalue weighted by Crippen LogP contribution is -2.01. The molecule has 132 valence electrons. The molecule has 4 nitrogen and oxygen atoms in total. The van der Waals surface area contributed by atoms with Gasteiger partial charge < -0.3 is 4.74 Å². The molecule has 0 bridgehead atoms. The summed E-state index contributed by atoms with van der Waals surface area (Å²) in [5.41, 5.74) is 4.56. The Bertz CT molecular complexity index is 946. The number of halogens is 1. The average Bonchev–Trinajstić information content (AvgIpc) is 2.93. The van der Waals surface area contributed by atoms with E-state index in [1.807, 2.05) is 61.0 Å². The van der Waals surface area contributed by atoms with Crippen LogP contribution in [-0.2, 0) is 16.1 Å². The number of benzene rings is 2. The number of aryl methyl sites for hydroxylation is 1. The number of ether oxygens (including phenoxy) is 1. The predicted molar refractivity (Wildman–Crippen MR) is 103 cm³/mol. The summed E-state index contributed by atoms with van der Waals surface area (Å²) in [6.07, 6.45) is 3.17. The number of rotatable bonds is 5. The fourth-order valence-electron chi connectivity index (χ4n) is 2.70. The smallest absolute Gasteiger partial charge is 0.331 e. The third kappa shape index (κ3) is 4.21. The number of hydrogen-bond donors (Lipinski definition) is 0. The number of para-hydroxylation sites is 1. The number of esters is 1. The Morgan fingerprint density at radius 2 is 1.92 bits per heavy atom. The molecule has 0 aliphatic carbocycles. The van der Waals surface area contributed by atoms with Crippen molar-refractivity contribution >= 4 is 23.6 Å². The zero-order valence-corrected chi connectivity index (χ0v) is 15.4. The Morgan fingerprint density at radius 1 is 1.15 bits per heavy atom. The van der Waals surface area contributed by atoms with Gasteiger partial charge in [-0.2, -0.15) is 5.10 Å².